The van der Waals surface area contributed by atoms with E-state index in [-0.39, 0.29) is 31.1 Å². The molecule has 1 atom stereocenters. The maximum atomic E-state index is 12.8. The molecule has 6 heteroatoms. The molecule has 0 bridgehead atoms. The number of ether oxygens (including phenoxy) is 3. The summed E-state index contributed by atoms with van der Waals surface area (Å²) in [6.45, 7) is 6.49. The quantitative estimate of drug-likeness (QED) is 0.0262. The van der Waals surface area contributed by atoms with Gasteiger partial charge in [0.05, 0.1) is 0 Å². The number of hydrogen-bond donors (Lipinski definition) is 0. The molecule has 0 aromatic rings. The van der Waals surface area contributed by atoms with Gasteiger partial charge in [0.25, 0.3) is 0 Å². The third-order valence-corrected chi connectivity index (χ3v) is 11.7. The van der Waals surface area contributed by atoms with Gasteiger partial charge in [-0.3, -0.25) is 14.4 Å². The van der Waals surface area contributed by atoms with E-state index in [0.29, 0.717) is 19.3 Å². The Morgan fingerprint density at radius 2 is 0.600 bits per heavy atom. The predicted octanol–water partition coefficient (Wildman–Crippen LogP) is 18.2. The van der Waals surface area contributed by atoms with Crippen molar-refractivity contribution in [1.29, 1.82) is 0 Å². The minimum absolute atomic E-state index is 0.0803. The maximum Gasteiger partial charge on any atom is 0.306 e. The van der Waals surface area contributed by atoms with Crippen LogP contribution in [0.3, 0.4) is 0 Å². The van der Waals surface area contributed by atoms with E-state index >= 15 is 0 Å². The van der Waals surface area contributed by atoms with Crippen LogP contribution in [-0.4, -0.2) is 37.2 Å². The largest absolute Gasteiger partial charge is 0.462 e. The van der Waals surface area contributed by atoms with Crippen LogP contribution in [-0.2, 0) is 28.6 Å². The molecule has 0 fully saturated rings. The fourth-order valence-corrected chi connectivity index (χ4v) is 7.58. The summed E-state index contributed by atoms with van der Waals surface area (Å²) >= 11 is 0. The van der Waals surface area contributed by atoms with Crippen LogP contribution in [0.4, 0.5) is 0 Å². The van der Waals surface area contributed by atoms with E-state index in [4.69, 9.17) is 14.2 Å². The summed E-state index contributed by atoms with van der Waals surface area (Å²) in [5, 5.41) is 0. The summed E-state index contributed by atoms with van der Waals surface area (Å²) < 4.78 is 16.8. The highest BCUT2D eigenvalue weighted by Gasteiger charge is 2.19. The zero-order valence-electron chi connectivity index (χ0n) is 42.7. The number of esters is 3. The first-order valence-corrected chi connectivity index (χ1v) is 27.4. The smallest absolute Gasteiger partial charge is 0.306 e. The van der Waals surface area contributed by atoms with Gasteiger partial charge in [-0.25, -0.2) is 0 Å². The van der Waals surface area contributed by atoms with Crippen molar-refractivity contribution in [3.8, 4) is 0 Å². The fraction of sp³-hybridized carbons (Fsp3) is 0.746. The predicted molar refractivity (Wildman–Crippen MR) is 279 cm³/mol. The van der Waals surface area contributed by atoms with Gasteiger partial charge in [0.1, 0.15) is 13.2 Å². The average molecular weight is 907 g/mol. The van der Waals surface area contributed by atoms with Crippen LogP contribution in [0.15, 0.2) is 72.9 Å². The van der Waals surface area contributed by atoms with Crippen LogP contribution in [0.1, 0.15) is 265 Å². The fourth-order valence-electron chi connectivity index (χ4n) is 7.58. The molecule has 0 aliphatic carbocycles. The van der Waals surface area contributed by atoms with Crippen molar-refractivity contribution in [3.63, 3.8) is 0 Å². The van der Waals surface area contributed by atoms with Crippen LogP contribution >= 0.6 is 0 Å². The third-order valence-electron chi connectivity index (χ3n) is 11.7. The number of unbranched alkanes of at least 4 members (excludes halogenated alkanes) is 26. The average Bonchev–Trinajstić information content (AvgIpc) is 3.30. The first-order chi connectivity index (χ1) is 32.0. The van der Waals surface area contributed by atoms with Crippen LogP contribution in [0.25, 0.3) is 0 Å². The molecule has 0 spiro atoms. The molecular weight excluding hydrogens is 805 g/mol. The maximum absolute atomic E-state index is 12.8. The summed E-state index contributed by atoms with van der Waals surface area (Å²) in [7, 11) is 0. The highest BCUT2D eigenvalue weighted by molar-refractivity contribution is 5.71. The Labute approximate surface area is 402 Å². The molecule has 0 rings (SSSR count). The zero-order chi connectivity index (χ0) is 47.2. The minimum atomic E-state index is -0.781. The van der Waals surface area contributed by atoms with Crippen molar-refractivity contribution in [2.24, 2.45) is 0 Å². The van der Waals surface area contributed by atoms with Gasteiger partial charge in [0.2, 0.25) is 0 Å². The Morgan fingerprint density at radius 1 is 0.323 bits per heavy atom. The van der Waals surface area contributed by atoms with E-state index in [0.717, 1.165) is 109 Å². The first-order valence-electron chi connectivity index (χ1n) is 27.4. The molecule has 1 unspecified atom stereocenters. The van der Waals surface area contributed by atoms with E-state index in [9.17, 15) is 14.4 Å². The van der Waals surface area contributed by atoms with Crippen molar-refractivity contribution in [3.05, 3.63) is 72.9 Å². The van der Waals surface area contributed by atoms with Gasteiger partial charge in [-0.2, -0.15) is 0 Å². The van der Waals surface area contributed by atoms with Gasteiger partial charge in [-0.15, -0.1) is 0 Å². The molecule has 0 aliphatic rings. The second kappa shape index (κ2) is 53.5. The third kappa shape index (κ3) is 51.7. The summed E-state index contributed by atoms with van der Waals surface area (Å²) in [6.07, 6.45) is 67.4. The molecule has 374 valence electrons. The molecular formula is C59H102O6. The number of allylic oxidation sites excluding steroid dienone is 12. The summed E-state index contributed by atoms with van der Waals surface area (Å²) in [5.74, 6) is -0.896. The van der Waals surface area contributed by atoms with E-state index in [1.54, 1.807) is 0 Å². The molecule has 65 heavy (non-hydrogen) atoms. The Hall–Kier alpha value is -3.15. The highest BCUT2D eigenvalue weighted by Crippen LogP contribution is 2.15. The highest BCUT2D eigenvalue weighted by atomic mass is 16.6. The monoisotopic (exact) mass is 907 g/mol. The Bertz CT molecular complexity index is 1230. The number of carbonyl (C=O) groups is 3. The van der Waals surface area contributed by atoms with Crippen molar-refractivity contribution in [2.45, 2.75) is 271 Å². The van der Waals surface area contributed by atoms with Crippen molar-refractivity contribution >= 4 is 17.9 Å². The van der Waals surface area contributed by atoms with Crippen LogP contribution < -0.4 is 0 Å². The normalized spacial score (nSPS) is 12.6. The van der Waals surface area contributed by atoms with E-state index in [2.05, 4.69) is 93.7 Å². The Kier molecular flexibility index (Phi) is 50.9. The van der Waals surface area contributed by atoms with E-state index in [1.807, 2.05) is 0 Å². The summed E-state index contributed by atoms with van der Waals surface area (Å²) in [4.78, 5) is 38.0. The molecule has 0 amide bonds. The van der Waals surface area contributed by atoms with Crippen molar-refractivity contribution in [2.75, 3.05) is 13.2 Å². The van der Waals surface area contributed by atoms with Gasteiger partial charge in [0, 0.05) is 19.3 Å². The lowest BCUT2D eigenvalue weighted by Gasteiger charge is -2.18. The molecule has 0 aliphatic heterocycles. The number of rotatable bonds is 49. The number of carbonyl (C=O) groups excluding carboxylic acids is 3. The molecule has 6 nitrogen and oxygen atoms in total. The molecule has 0 aromatic carbocycles. The van der Waals surface area contributed by atoms with Crippen LogP contribution in [0.2, 0.25) is 0 Å². The topological polar surface area (TPSA) is 78.9 Å². The molecule has 0 N–H and O–H groups in total. The molecule has 0 heterocycles. The van der Waals surface area contributed by atoms with Crippen molar-refractivity contribution < 1.29 is 28.6 Å². The summed E-state index contributed by atoms with van der Waals surface area (Å²) in [6, 6.07) is 0. The lowest BCUT2D eigenvalue weighted by molar-refractivity contribution is -0.167. The van der Waals surface area contributed by atoms with Gasteiger partial charge in [0.15, 0.2) is 6.10 Å². The minimum Gasteiger partial charge on any atom is -0.462 e. The van der Waals surface area contributed by atoms with Crippen molar-refractivity contribution in [1.82, 2.24) is 0 Å². The van der Waals surface area contributed by atoms with Gasteiger partial charge < -0.3 is 14.2 Å². The molecule has 0 aromatic heterocycles. The Balaban J connectivity index is 4.32. The van der Waals surface area contributed by atoms with Gasteiger partial charge >= 0.3 is 17.9 Å². The molecule has 0 saturated heterocycles. The first kappa shape index (κ1) is 61.9. The van der Waals surface area contributed by atoms with Gasteiger partial charge in [-0.1, -0.05) is 229 Å². The lowest BCUT2D eigenvalue weighted by Crippen LogP contribution is -2.30. The second-order valence-corrected chi connectivity index (χ2v) is 18.1. The van der Waals surface area contributed by atoms with E-state index in [1.165, 1.54) is 116 Å². The summed E-state index contributed by atoms with van der Waals surface area (Å²) in [5.41, 5.74) is 0. The van der Waals surface area contributed by atoms with Crippen LogP contribution in [0.5, 0.6) is 0 Å². The van der Waals surface area contributed by atoms with E-state index < -0.39 is 6.10 Å². The standard InChI is InChI=1S/C59H102O6/c1-4-7-10-13-16-19-22-24-25-26-27-28-29-30-31-32-33-35-37-40-43-46-49-52-58(61)64-55-56(54-63-57(60)51-48-45-42-39-36-21-18-15-12-9-6-3)65-59(62)53-50-47-44-41-38-34-23-20-17-14-11-8-5-2/h7,10,16,19-20,23-25,27-28,30-31,56H,4-6,8-9,11-15,17-18,21-22,26,29,32-55H2,1-3H3/b10-7-,19-16-,23-20-,25-24-,28-27-,31-30-. The van der Waals surface area contributed by atoms with Gasteiger partial charge in [-0.05, 0) is 89.9 Å². The zero-order valence-corrected chi connectivity index (χ0v) is 42.7. The lowest BCUT2D eigenvalue weighted by atomic mass is 10.1. The second-order valence-electron chi connectivity index (χ2n) is 18.1. The molecule has 0 radical (unpaired) electrons. The number of hydrogen-bond acceptors (Lipinski definition) is 6. The SMILES string of the molecule is CC/C=C\C/C=C\C/C=C\C/C=C\C/C=C\CCCCCCCCCC(=O)OCC(COC(=O)CCCCCCCCCCCCC)OC(=O)CCCCCCC/C=C\CCCCCC. The van der Waals surface area contributed by atoms with Crippen LogP contribution in [0, 0.1) is 0 Å². The Morgan fingerprint density at radius 3 is 0.969 bits per heavy atom. The molecule has 0 saturated carbocycles.